The van der Waals surface area contributed by atoms with Gasteiger partial charge in [-0.3, -0.25) is 0 Å². The minimum Gasteiger partial charge on any atom is -0.370 e. The van der Waals surface area contributed by atoms with Crippen molar-refractivity contribution in [3.63, 3.8) is 0 Å². The SMILES string of the molecule is CCCN(CC)CCNCC1CCC2(CCCCC2)O1. The first-order valence-electron chi connectivity index (χ1n) is 8.89. The maximum Gasteiger partial charge on any atom is 0.0708 e. The minimum atomic E-state index is 0.280. The summed E-state index contributed by atoms with van der Waals surface area (Å²) in [6.45, 7) is 10.2. The molecule has 1 saturated carbocycles. The lowest BCUT2D eigenvalue weighted by Gasteiger charge is -2.33. The molecule has 3 nitrogen and oxygen atoms in total. The predicted octanol–water partition coefficient (Wildman–Crippen LogP) is 3.19. The van der Waals surface area contributed by atoms with E-state index in [-0.39, 0.29) is 5.60 Å². The molecule has 1 heterocycles. The second-order valence-electron chi connectivity index (χ2n) is 6.66. The molecule has 3 heteroatoms. The lowest BCUT2D eigenvalue weighted by Crippen LogP contribution is -2.37. The minimum absolute atomic E-state index is 0.280. The fraction of sp³-hybridized carbons (Fsp3) is 1.00. The molecule has 2 rings (SSSR count). The van der Waals surface area contributed by atoms with E-state index in [4.69, 9.17) is 4.74 Å². The Labute approximate surface area is 125 Å². The third kappa shape index (κ3) is 4.71. The fourth-order valence-electron chi connectivity index (χ4n) is 3.85. The molecule has 0 aromatic heterocycles. The van der Waals surface area contributed by atoms with Crippen LogP contribution in [0.25, 0.3) is 0 Å². The highest BCUT2D eigenvalue weighted by atomic mass is 16.5. The van der Waals surface area contributed by atoms with Gasteiger partial charge in [0.25, 0.3) is 0 Å². The van der Waals surface area contributed by atoms with E-state index in [1.54, 1.807) is 0 Å². The largest absolute Gasteiger partial charge is 0.370 e. The second-order valence-corrected chi connectivity index (χ2v) is 6.66. The van der Waals surface area contributed by atoms with Gasteiger partial charge in [0.2, 0.25) is 0 Å². The van der Waals surface area contributed by atoms with Crippen molar-refractivity contribution in [1.29, 1.82) is 0 Å². The Kier molecular flexibility index (Phi) is 6.79. The first kappa shape index (κ1) is 16.3. The van der Waals surface area contributed by atoms with Crippen molar-refractivity contribution in [2.45, 2.75) is 76.9 Å². The van der Waals surface area contributed by atoms with E-state index < -0.39 is 0 Å². The van der Waals surface area contributed by atoms with Crippen molar-refractivity contribution in [1.82, 2.24) is 10.2 Å². The lowest BCUT2D eigenvalue weighted by atomic mass is 9.83. The molecule has 2 aliphatic rings. The Morgan fingerprint density at radius 1 is 1.10 bits per heavy atom. The van der Waals surface area contributed by atoms with Gasteiger partial charge >= 0.3 is 0 Å². The van der Waals surface area contributed by atoms with Gasteiger partial charge in [-0.15, -0.1) is 0 Å². The smallest absolute Gasteiger partial charge is 0.0708 e. The Morgan fingerprint density at radius 3 is 2.60 bits per heavy atom. The Morgan fingerprint density at radius 2 is 1.90 bits per heavy atom. The van der Waals surface area contributed by atoms with Crippen molar-refractivity contribution in [3.8, 4) is 0 Å². The average Bonchev–Trinajstić information content (AvgIpc) is 2.86. The summed E-state index contributed by atoms with van der Waals surface area (Å²) < 4.78 is 6.39. The van der Waals surface area contributed by atoms with Gasteiger partial charge in [0.05, 0.1) is 11.7 Å². The quantitative estimate of drug-likeness (QED) is 0.692. The molecule has 1 atom stereocenters. The maximum atomic E-state index is 6.39. The van der Waals surface area contributed by atoms with E-state index in [1.165, 1.54) is 71.0 Å². The third-order valence-corrected chi connectivity index (χ3v) is 5.07. The molecule has 1 saturated heterocycles. The number of ether oxygens (including phenoxy) is 1. The topological polar surface area (TPSA) is 24.5 Å². The summed E-state index contributed by atoms with van der Waals surface area (Å²) in [5.41, 5.74) is 0.280. The van der Waals surface area contributed by atoms with E-state index in [0.717, 1.165) is 13.1 Å². The monoisotopic (exact) mass is 282 g/mol. The van der Waals surface area contributed by atoms with Crippen LogP contribution < -0.4 is 5.32 Å². The van der Waals surface area contributed by atoms with Crippen molar-refractivity contribution < 1.29 is 4.74 Å². The summed E-state index contributed by atoms with van der Waals surface area (Å²) in [4.78, 5) is 2.52. The van der Waals surface area contributed by atoms with Crippen LogP contribution in [-0.2, 0) is 4.74 Å². The molecule has 1 aliphatic carbocycles. The van der Waals surface area contributed by atoms with Gasteiger partial charge in [-0.25, -0.2) is 0 Å². The van der Waals surface area contributed by atoms with Gasteiger partial charge in [0, 0.05) is 19.6 Å². The van der Waals surface area contributed by atoms with E-state index >= 15 is 0 Å². The molecule has 0 amide bonds. The van der Waals surface area contributed by atoms with Gasteiger partial charge in [-0.2, -0.15) is 0 Å². The maximum absolute atomic E-state index is 6.39. The molecule has 0 radical (unpaired) electrons. The summed E-state index contributed by atoms with van der Waals surface area (Å²) in [6, 6.07) is 0. The molecule has 1 spiro atoms. The lowest BCUT2D eigenvalue weighted by molar-refractivity contribution is -0.0623. The van der Waals surface area contributed by atoms with Crippen molar-refractivity contribution in [2.24, 2.45) is 0 Å². The predicted molar refractivity (Wildman–Crippen MR) is 85.2 cm³/mol. The fourth-order valence-corrected chi connectivity index (χ4v) is 3.85. The van der Waals surface area contributed by atoms with Crippen LogP contribution in [0, 0.1) is 0 Å². The van der Waals surface area contributed by atoms with Gasteiger partial charge in [0.15, 0.2) is 0 Å². The van der Waals surface area contributed by atoms with Gasteiger partial charge in [0.1, 0.15) is 0 Å². The molecule has 1 unspecified atom stereocenters. The summed E-state index contributed by atoms with van der Waals surface area (Å²) in [6.07, 6.45) is 11.1. The number of rotatable bonds is 8. The normalized spacial score (nSPS) is 25.6. The van der Waals surface area contributed by atoms with E-state index in [0.29, 0.717) is 6.10 Å². The number of hydrogen-bond donors (Lipinski definition) is 1. The van der Waals surface area contributed by atoms with E-state index in [2.05, 4.69) is 24.1 Å². The van der Waals surface area contributed by atoms with Crippen molar-refractivity contribution >= 4 is 0 Å². The molecular weight excluding hydrogens is 248 g/mol. The first-order valence-corrected chi connectivity index (χ1v) is 8.89. The number of nitrogens with one attached hydrogen (secondary N) is 1. The second kappa shape index (κ2) is 8.35. The van der Waals surface area contributed by atoms with Crippen LogP contribution in [-0.4, -0.2) is 49.3 Å². The molecule has 0 aromatic rings. The first-order chi connectivity index (χ1) is 9.78. The highest BCUT2D eigenvalue weighted by Crippen LogP contribution is 2.41. The van der Waals surface area contributed by atoms with Crippen LogP contribution >= 0.6 is 0 Å². The average molecular weight is 282 g/mol. The Bertz CT molecular complexity index is 264. The molecule has 1 N–H and O–H groups in total. The van der Waals surface area contributed by atoms with Gasteiger partial charge in [-0.05, 0) is 45.2 Å². The third-order valence-electron chi connectivity index (χ3n) is 5.07. The Balaban J connectivity index is 1.58. The summed E-state index contributed by atoms with van der Waals surface area (Å²) >= 11 is 0. The van der Waals surface area contributed by atoms with Crippen molar-refractivity contribution in [2.75, 3.05) is 32.7 Å². The highest BCUT2D eigenvalue weighted by molar-refractivity contribution is 4.91. The summed E-state index contributed by atoms with van der Waals surface area (Å²) in [5.74, 6) is 0. The number of nitrogens with zero attached hydrogens (tertiary/aromatic N) is 1. The van der Waals surface area contributed by atoms with Gasteiger partial charge in [-0.1, -0.05) is 33.1 Å². The van der Waals surface area contributed by atoms with E-state index in [1.807, 2.05) is 0 Å². The molecule has 0 bridgehead atoms. The van der Waals surface area contributed by atoms with Crippen LogP contribution in [0.1, 0.15) is 65.2 Å². The van der Waals surface area contributed by atoms with Crippen LogP contribution in [0.5, 0.6) is 0 Å². The van der Waals surface area contributed by atoms with Crippen LogP contribution in [0.3, 0.4) is 0 Å². The molecule has 2 fully saturated rings. The van der Waals surface area contributed by atoms with Crippen LogP contribution in [0.2, 0.25) is 0 Å². The number of likely N-dealkylation sites (N-methyl/N-ethyl adjacent to an activating group) is 1. The molecule has 118 valence electrons. The highest BCUT2D eigenvalue weighted by Gasteiger charge is 2.40. The zero-order chi connectivity index (χ0) is 14.3. The summed E-state index contributed by atoms with van der Waals surface area (Å²) in [5, 5.41) is 3.61. The zero-order valence-electron chi connectivity index (χ0n) is 13.6. The van der Waals surface area contributed by atoms with Gasteiger partial charge < -0.3 is 15.0 Å². The zero-order valence-corrected chi connectivity index (χ0v) is 13.6. The number of hydrogen-bond acceptors (Lipinski definition) is 3. The molecule has 0 aromatic carbocycles. The van der Waals surface area contributed by atoms with Crippen molar-refractivity contribution in [3.05, 3.63) is 0 Å². The molecule has 20 heavy (non-hydrogen) atoms. The van der Waals surface area contributed by atoms with Crippen LogP contribution in [0.4, 0.5) is 0 Å². The molecule has 1 aliphatic heterocycles. The van der Waals surface area contributed by atoms with Crippen LogP contribution in [0.15, 0.2) is 0 Å². The summed E-state index contributed by atoms with van der Waals surface area (Å²) in [7, 11) is 0. The molecular formula is C17H34N2O. The Hall–Kier alpha value is -0.120. The van der Waals surface area contributed by atoms with E-state index in [9.17, 15) is 0 Å². The standard InChI is InChI=1S/C17H34N2O/c1-3-13-19(4-2)14-12-18-15-16-8-11-17(20-16)9-6-5-7-10-17/h16,18H,3-15H2,1-2H3.